The fourth-order valence-corrected chi connectivity index (χ4v) is 2.53. The summed E-state index contributed by atoms with van der Waals surface area (Å²) in [6.07, 6.45) is 1.84. The monoisotopic (exact) mass is 225 g/mol. The second kappa shape index (κ2) is 3.83. The first kappa shape index (κ1) is 10.4. The van der Waals surface area contributed by atoms with Crippen LogP contribution in [-0.2, 0) is 10.5 Å². The number of furan rings is 1. The van der Waals surface area contributed by atoms with E-state index in [0.29, 0.717) is 12.2 Å². The lowest BCUT2D eigenvalue weighted by molar-refractivity contribution is -0.123. The van der Waals surface area contributed by atoms with E-state index in [1.165, 1.54) is 23.6 Å². The Kier molecular flexibility index (Phi) is 2.67. The summed E-state index contributed by atoms with van der Waals surface area (Å²) in [4.78, 5) is 15.6. The Morgan fingerprint density at radius 1 is 1.80 bits per heavy atom. The summed E-state index contributed by atoms with van der Waals surface area (Å²) in [5.41, 5.74) is -0.0258. The number of Topliss-reactive ketones (excluding diaryl/α,β-unsaturated/α-hetero) is 1. The molecule has 2 atom stereocenters. The molecule has 15 heavy (non-hydrogen) atoms. The van der Waals surface area contributed by atoms with Crippen LogP contribution in [0.4, 0.5) is 0 Å². The molecule has 0 amide bonds. The summed E-state index contributed by atoms with van der Waals surface area (Å²) in [5.74, 6) is 0.284. The lowest BCUT2D eigenvalue weighted by atomic mass is 10.0. The van der Waals surface area contributed by atoms with E-state index in [1.807, 2.05) is 0 Å². The highest BCUT2D eigenvalue weighted by atomic mass is 32.2. The normalized spacial score (nSPS) is 29.6. The Balaban J connectivity index is 2.34. The van der Waals surface area contributed by atoms with E-state index in [9.17, 15) is 9.90 Å². The molecule has 0 spiro atoms. The van der Waals surface area contributed by atoms with Crippen molar-refractivity contribution in [3.8, 4) is 0 Å². The topological polar surface area (TPSA) is 62.8 Å². The van der Waals surface area contributed by atoms with Crippen LogP contribution in [0, 0.1) is 0 Å². The number of thioether (sulfide) groups is 1. The van der Waals surface area contributed by atoms with Crippen LogP contribution in [0.25, 0.3) is 0 Å². The first-order valence-corrected chi connectivity index (χ1v) is 5.61. The predicted molar refractivity (Wildman–Crippen MR) is 57.8 cm³/mol. The molecule has 2 unspecified atom stereocenters. The number of aliphatic hydroxyl groups is 1. The zero-order valence-corrected chi connectivity index (χ0v) is 9.03. The van der Waals surface area contributed by atoms with Crippen molar-refractivity contribution >= 4 is 23.1 Å². The van der Waals surface area contributed by atoms with Gasteiger partial charge in [0.15, 0.2) is 11.5 Å². The van der Waals surface area contributed by atoms with Crippen LogP contribution < -0.4 is 0 Å². The van der Waals surface area contributed by atoms with Crippen LogP contribution >= 0.6 is 11.8 Å². The molecule has 4 nitrogen and oxygen atoms in total. The van der Waals surface area contributed by atoms with E-state index in [-0.39, 0.29) is 5.78 Å². The molecular weight excluding hydrogens is 214 g/mol. The van der Waals surface area contributed by atoms with Crippen molar-refractivity contribution in [3.63, 3.8) is 0 Å². The van der Waals surface area contributed by atoms with Gasteiger partial charge in [-0.25, -0.2) is 4.99 Å². The first-order chi connectivity index (χ1) is 7.18. The van der Waals surface area contributed by atoms with E-state index in [2.05, 4.69) is 4.99 Å². The predicted octanol–water partition coefficient (Wildman–Crippen LogP) is 1.55. The van der Waals surface area contributed by atoms with E-state index >= 15 is 0 Å². The Labute approximate surface area is 91.4 Å². The van der Waals surface area contributed by atoms with Crippen molar-refractivity contribution in [2.24, 2.45) is 4.99 Å². The van der Waals surface area contributed by atoms with Gasteiger partial charge in [0, 0.05) is 6.42 Å². The zero-order chi connectivity index (χ0) is 10.9. The van der Waals surface area contributed by atoms with E-state index in [4.69, 9.17) is 4.42 Å². The molecule has 0 fully saturated rings. The van der Waals surface area contributed by atoms with Gasteiger partial charge in [0.25, 0.3) is 0 Å². The van der Waals surface area contributed by atoms with Crippen molar-refractivity contribution in [2.75, 3.05) is 0 Å². The molecular formula is C10H11NO3S. The average Bonchev–Trinajstić information content (AvgIpc) is 2.85. The van der Waals surface area contributed by atoms with Crippen LogP contribution in [0.2, 0.25) is 0 Å². The van der Waals surface area contributed by atoms with Crippen LogP contribution in [-0.4, -0.2) is 21.7 Å². The molecule has 1 aliphatic heterocycles. The number of carbonyl (C=O) groups is 1. The average molecular weight is 225 g/mol. The number of rotatable bonds is 3. The van der Waals surface area contributed by atoms with Gasteiger partial charge in [-0.3, -0.25) is 4.79 Å². The van der Waals surface area contributed by atoms with Gasteiger partial charge in [-0.1, -0.05) is 18.7 Å². The fourth-order valence-electron chi connectivity index (χ4n) is 1.50. The number of hydrogen-bond acceptors (Lipinski definition) is 5. The molecule has 0 bridgehead atoms. The number of nitrogens with zero attached hydrogens (tertiary/aromatic N) is 1. The highest BCUT2D eigenvalue weighted by Crippen LogP contribution is 2.39. The molecule has 1 aliphatic rings. The smallest absolute Gasteiger partial charge is 0.235 e. The Bertz CT molecular complexity index is 387. The minimum Gasteiger partial charge on any atom is -0.464 e. The Hall–Kier alpha value is -1.07. The number of aliphatic imine (C=N–C) groups is 1. The van der Waals surface area contributed by atoms with Crippen molar-refractivity contribution in [3.05, 3.63) is 24.2 Å². The minimum atomic E-state index is -1.53. The summed E-state index contributed by atoms with van der Waals surface area (Å²) in [6.45, 7) is 1.77. The van der Waals surface area contributed by atoms with Gasteiger partial charge in [-0.15, -0.1) is 0 Å². The van der Waals surface area contributed by atoms with Gasteiger partial charge in [-0.05, 0) is 12.1 Å². The molecule has 2 heterocycles. The van der Waals surface area contributed by atoms with E-state index in [1.54, 1.807) is 19.1 Å². The van der Waals surface area contributed by atoms with Crippen molar-refractivity contribution in [1.82, 2.24) is 0 Å². The SMILES string of the molecule is CCC(=O)C1SC=NC1(O)c1ccco1. The molecule has 1 aromatic rings. The van der Waals surface area contributed by atoms with Crippen LogP contribution in [0.15, 0.2) is 27.8 Å². The number of carbonyl (C=O) groups excluding carboxylic acids is 1. The fraction of sp³-hybridized carbons (Fsp3) is 0.400. The molecule has 0 saturated heterocycles. The van der Waals surface area contributed by atoms with Gasteiger partial charge < -0.3 is 9.52 Å². The summed E-state index contributed by atoms with van der Waals surface area (Å²) in [6, 6.07) is 3.29. The number of ketones is 1. The van der Waals surface area contributed by atoms with Crippen LogP contribution in [0.1, 0.15) is 19.1 Å². The van der Waals surface area contributed by atoms with Gasteiger partial charge in [0.05, 0.1) is 11.8 Å². The van der Waals surface area contributed by atoms with Gasteiger partial charge in [0.2, 0.25) is 5.72 Å². The maximum Gasteiger partial charge on any atom is 0.235 e. The van der Waals surface area contributed by atoms with Gasteiger partial charge >= 0.3 is 0 Å². The van der Waals surface area contributed by atoms with Crippen molar-refractivity contribution in [1.29, 1.82) is 0 Å². The molecule has 0 aliphatic carbocycles. The van der Waals surface area contributed by atoms with Crippen molar-refractivity contribution in [2.45, 2.75) is 24.3 Å². The summed E-state index contributed by atoms with van der Waals surface area (Å²) in [5, 5.41) is 9.69. The third-order valence-electron chi connectivity index (χ3n) is 2.34. The third kappa shape index (κ3) is 1.61. The second-order valence-corrected chi connectivity index (χ2v) is 4.23. The van der Waals surface area contributed by atoms with Crippen LogP contribution in [0.3, 0.4) is 0 Å². The molecule has 5 heteroatoms. The minimum absolute atomic E-state index is 0.0311. The largest absolute Gasteiger partial charge is 0.464 e. The molecule has 0 saturated carbocycles. The highest BCUT2D eigenvalue weighted by Gasteiger charge is 2.47. The maximum absolute atomic E-state index is 11.6. The summed E-state index contributed by atoms with van der Waals surface area (Å²) >= 11 is 1.23. The molecule has 1 N–H and O–H groups in total. The molecule has 0 aromatic carbocycles. The Morgan fingerprint density at radius 3 is 3.20 bits per heavy atom. The lowest BCUT2D eigenvalue weighted by Crippen LogP contribution is -2.37. The maximum atomic E-state index is 11.6. The second-order valence-electron chi connectivity index (χ2n) is 3.27. The quantitative estimate of drug-likeness (QED) is 0.847. The molecule has 80 valence electrons. The highest BCUT2D eigenvalue weighted by molar-refractivity contribution is 8.13. The summed E-state index contributed by atoms with van der Waals surface area (Å²) < 4.78 is 5.12. The first-order valence-electron chi connectivity index (χ1n) is 4.66. The van der Waals surface area contributed by atoms with Crippen LogP contribution in [0.5, 0.6) is 0 Å². The molecule has 0 radical (unpaired) electrons. The Morgan fingerprint density at radius 2 is 2.60 bits per heavy atom. The molecule has 2 rings (SSSR count). The zero-order valence-electron chi connectivity index (χ0n) is 8.21. The van der Waals surface area contributed by atoms with Gasteiger partial charge in [-0.2, -0.15) is 0 Å². The third-order valence-corrected chi connectivity index (χ3v) is 3.43. The standard InChI is InChI=1S/C10H11NO3S/c1-2-7(12)9-10(13,11-6-15-9)8-4-3-5-14-8/h3-6,9,13H,2H2,1H3. The van der Waals surface area contributed by atoms with E-state index in [0.717, 1.165) is 0 Å². The van der Waals surface area contributed by atoms with E-state index < -0.39 is 11.0 Å². The molecule has 1 aromatic heterocycles. The van der Waals surface area contributed by atoms with Crippen molar-refractivity contribution < 1.29 is 14.3 Å². The lowest BCUT2D eigenvalue weighted by Gasteiger charge is -2.23. The number of hydrogen-bond donors (Lipinski definition) is 1. The van der Waals surface area contributed by atoms with Gasteiger partial charge in [0.1, 0.15) is 5.25 Å². The summed E-state index contributed by atoms with van der Waals surface area (Å²) in [7, 11) is 0.